The quantitative estimate of drug-likeness (QED) is 0.449. The highest BCUT2D eigenvalue weighted by Crippen LogP contribution is 2.23. The van der Waals surface area contributed by atoms with Crippen LogP contribution in [0.5, 0.6) is 0 Å². The predicted molar refractivity (Wildman–Crippen MR) is 142 cm³/mol. The van der Waals surface area contributed by atoms with Gasteiger partial charge in [-0.25, -0.2) is 4.98 Å². The zero-order valence-corrected chi connectivity index (χ0v) is 22.5. The number of pyridine rings is 1. The second-order valence-electron chi connectivity index (χ2n) is 9.69. The number of imidazole rings is 1. The number of aromatic nitrogens is 2. The van der Waals surface area contributed by atoms with Crippen LogP contribution in [-0.2, 0) is 16.1 Å². The summed E-state index contributed by atoms with van der Waals surface area (Å²) in [5.74, 6) is 0.0182. The van der Waals surface area contributed by atoms with Crippen molar-refractivity contribution >= 4 is 28.8 Å². The van der Waals surface area contributed by atoms with Gasteiger partial charge in [-0.2, -0.15) is 11.3 Å². The van der Waals surface area contributed by atoms with Crippen LogP contribution in [0.3, 0.4) is 0 Å². The first-order chi connectivity index (χ1) is 17.4. The van der Waals surface area contributed by atoms with Gasteiger partial charge in [0.15, 0.2) is 0 Å². The van der Waals surface area contributed by atoms with E-state index in [-0.39, 0.29) is 24.5 Å². The molecule has 2 amide bonds. The molecule has 194 valence electrons. The minimum absolute atomic E-state index is 0.0350. The Morgan fingerprint density at radius 3 is 2.78 bits per heavy atom. The lowest BCUT2D eigenvalue weighted by Crippen LogP contribution is -2.50. The lowest BCUT2D eigenvalue weighted by atomic mass is 10.00. The van der Waals surface area contributed by atoms with Crippen molar-refractivity contribution in [2.45, 2.75) is 58.7 Å². The number of thiophene rings is 1. The van der Waals surface area contributed by atoms with Crippen LogP contribution in [0.4, 0.5) is 0 Å². The second-order valence-corrected chi connectivity index (χ2v) is 10.5. The first-order valence-electron chi connectivity index (χ1n) is 12.6. The molecule has 0 saturated carbocycles. The topological polar surface area (TPSA) is 79.2 Å². The summed E-state index contributed by atoms with van der Waals surface area (Å²) in [5.41, 5.74) is 4.60. The molecule has 1 atom stereocenters. The minimum Gasteiger partial charge on any atom is -0.375 e. The van der Waals surface area contributed by atoms with Crippen LogP contribution in [0.25, 0.3) is 5.65 Å². The van der Waals surface area contributed by atoms with Crippen LogP contribution >= 0.6 is 11.3 Å². The number of amides is 2. The van der Waals surface area contributed by atoms with E-state index in [2.05, 4.69) is 39.0 Å². The average molecular weight is 512 g/mol. The number of piperidine rings is 1. The number of fused-ring (bicyclic) bond motifs is 1. The SMILES string of the molecule is COCC(=O)N(Cc1ccsc1)C1CCN(C(C)CCNC(=O)c2c(C)cc3nccn3c2C)CC1. The van der Waals surface area contributed by atoms with E-state index >= 15 is 0 Å². The molecule has 0 aliphatic carbocycles. The van der Waals surface area contributed by atoms with Crippen LogP contribution in [0.1, 0.15) is 53.4 Å². The number of hydrogen-bond acceptors (Lipinski definition) is 6. The van der Waals surface area contributed by atoms with Gasteiger partial charge in [-0.05, 0) is 74.1 Å². The molecule has 3 aromatic rings. The number of carbonyl (C=O) groups is 2. The molecule has 36 heavy (non-hydrogen) atoms. The molecule has 0 aromatic carbocycles. The number of nitrogens with one attached hydrogen (secondary N) is 1. The maximum atomic E-state index is 13.0. The summed E-state index contributed by atoms with van der Waals surface area (Å²) in [6.45, 7) is 9.40. The molecule has 4 heterocycles. The molecule has 9 heteroatoms. The number of rotatable bonds is 10. The summed E-state index contributed by atoms with van der Waals surface area (Å²) in [6.07, 6.45) is 6.41. The van der Waals surface area contributed by atoms with Crippen molar-refractivity contribution in [2.24, 2.45) is 0 Å². The lowest BCUT2D eigenvalue weighted by molar-refractivity contribution is -0.139. The number of nitrogens with zero attached hydrogens (tertiary/aromatic N) is 4. The number of ether oxygens (including phenoxy) is 1. The molecule has 4 rings (SSSR count). The van der Waals surface area contributed by atoms with E-state index in [4.69, 9.17) is 4.74 Å². The van der Waals surface area contributed by atoms with Gasteiger partial charge >= 0.3 is 0 Å². The second kappa shape index (κ2) is 12.0. The largest absolute Gasteiger partial charge is 0.375 e. The Morgan fingerprint density at radius 1 is 1.31 bits per heavy atom. The first kappa shape index (κ1) is 26.3. The molecule has 1 N–H and O–H groups in total. The van der Waals surface area contributed by atoms with Crippen molar-refractivity contribution < 1.29 is 14.3 Å². The van der Waals surface area contributed by atoms with Crippen molar-refractivity contribution in [1.82, 2.24) is 24.5 Å². The summed E-state index contributed by atoms with van der Waals surface area (Å²) in [4.78, 5) is 34.5. The number of carbonyl (C=O) groups excluding carboxylic acids is 2. The van der Waals surface area contributed by atoms with Crippen LogP contribution in [0.2, 0.25) is 0 Å². The Bertz CT molecular complexity index is 1170. The van der Waals surface area contributed by atoms with Crippen molar-refractivity contribution in [2.75, 3.05) is 33.4 Å². The van der Waals surface area contributed by atoms with Gasteiger partial charge in [-0.15, -0.1) is 0 Å². The molecule has 1 aliphatic heterocycles. The molecule has 3 aromatic heterocycles. The van der Waals surface area contributed by atoms with E-state index in [1.54, 1.807) is 24.6 Å². The number of methoxy groups -OCH3 is 1. The number of likely N-dealkylation sites (tertiary alicyclic amines) is 1. The van der Waals surface area contributed by atoms with E-state index in [0.29, 0.717) is 19.1 Å². The molecular weight excluding hydrogens is 474 g/mol. The van der Waals surface area contributed by atoms with Gasteiger partial charge < -0.3 is 24.3 Å². The van der Waals surface area contributed by atoms with Crippen molar-refractivity contribution in [3.63, 3.8) is 0 Å². The standard InChI is InChI=1S/C27H37N5O3S/c1-19-15-24-28-10-13-31(24)21(3)26(19)27(34)29-9-5-20(2)30-11-6-23(7-12-30)32(25(33)17-35-4)16-22-8-14-36-18-22/h8,10,13-15,18,20,23H,5-7,9,11-12,16-17H2,1-4H3,(H,29,34). The molecule has 0 spiro atoms. The highest BCUT2D eigenvalue weighted by molar-refractivity contribution is 7.07. The van der Waals surface area contributed by atoms with Crippen LogP contribution in [0.15, 0.2) is 35.3 Å². The third-order valence-corrected chi connectivity index (χ3v) is 8.02. The minimum atomic E-state index is -0.0350. The molecule has 0 radical (unpaired) electrons. The Hall–Kier alpha value is -2.75. The van der Waals surface area contributed by atoms with Gasteiger partial charge in [-0.1, -0.05) is 0 Å². The Balaban J connectivity index is 1.27. The maximum Gasteiger partial charge on any atom is 0.253 e. The zero-order chi connectivity index (χ0) is 25.7. The van der Waals surface area contributed by atoms with Crippen molar-refractivity contribution in [3.8, 4) is 0 Å². The van der Waals surface area contributed by atoms with Gasteiger partial charge in [0.2, 0.25) is 5.91 Å². The van der Waals surface area contributed by atoms with Crippen molar-refractivity contribution in [1.29, 1.82) is 0 Å². The van der Waals surface area contributed by atoms with Gasteiger partial charge in [0.25, 0.3) is 5.91 Å². The van der Waals surface area contributed by atoms with E-state index in [9.17, 15) is 9.59 Å². The summed E-state index contributed by atoms with van der Waals surface area (Å²) in [5, 5.41) is 7.28. The Labute approximate surface area is 217 Å². The zero-order valence-electron chi connectivity index (χ0n) is 21.7. The fraction of sp³-hybridized carbons (Fsp3) is 0.519. The third-order valence-electron chi connectivity index (χ3n) is 7.29. The molecule has 1 aliphatic rings. The first-order valence-corrected chi connectivity index (χ1v) is 13.6. The van der Waals surface area contributed by atoms with Crippen LogP contribution < -0.4 is 5.32 Å². The Morgan fingerprint density at radius 2 is 2.08 bits per heavy atom. The maximum absolute atomic E-state index is 13.0. The van der Waals surface area contributed by atoms with E-state index < -0.39 is 0 Å². The summed E-state index contributed by atoms with van der Waals surface area (Å²) < 4.78 is 7.10. The smallest absolute Gasteiger partial charge is 0.253 e. The molecule has 0 bridgehead atoms. The molecule has 1 saturated heterocycles. The molecular formula is C27H37N5O3S. The fourth-order valence-electron chi connectivity index (χ4n) is 5.23. The molecule has 1 unspecified atom stereocenters. The summed E-state index contributed by atoms with van der Waals surface area (Å²) in [6, 6.07) is 4.61. The summed E-state index contributed by atoms with van der Waals surface area (Å²) in [7, 11) is 1.57. The van der Waals surface area contributed by atoms with Gasteiger partial charge in [0.05, 0.1) is 5.56 Å². The van der Waals surface area contributed by atoms with E-state index in [1.807, 2.05) is 35.4 Å². The van der Waals surface area contributed by atoms with Crippen molar-refractivity contribution in [3.05, 3.63) is 57.7 Å². The summed E-state index contributed by atoms with van der Waals surface area (Å²) >= 11 is 1.66. The lowest BCUT2D eigenvalue weighted by Gasteiger charge is -2.40. The highest BCUT2D eigenvalue weighted by Gasteiger charge is 2.29. The van der Waals surface area contributed by atoms with E-state index in [1.165, 1.54) is 5.56 Å². The van der Waals surface area contributed by atoms with Crippen LogP contribution in [0, 0.1) is 13.8 Å². The Kier molecular flexibility index (Phi) is 8.77. The fourth-order valence-corrected chi connectivity index (χ4v) is 5.89. The average Bonchev–Trinajstić information content (AvgIpc) is 3.55. The number of hydrogen-bond donors (Lipinski definition) is 1. The third kappa shape index (κ3) is 5.96. The monoisotopic (exact) mass is 511 g/mol. The molecule has 8 nitrogen and oxygen atoms in total. The number of aryl methyl sites for hydroxylation is 2. The molecule has 1 fully saturated rings. The van der Waals surface area contributed by atoms with Gasteiger partial charge in [-0.3, -0.25) is 9.59 Å². The van der Waals surface area contributed by atoms with Gasteiger partial charge in [0, 0.05) is 63.5 Å². The predicted octanol–water partition coefficient (Wildman–Crippen LogP) is 3.66. The van der Waals surface area contributed by atoms with Gasteiger partial charge in [0.1, 0.15) is 12.3 Å². The van der Waals surface area contributed by atoms with E-state index in [0.717, 1.165) is 54.8 Å². The highest BCUT2D eigenvalue weighted by atomic mass is 32.1. The van der Waals surface area contributed by atoms with Crippen LogP contribution in [-0.4, -0.2) is 76.4 Å². The normalized spacial score (nSPS) is 15.8.